The molecule has 0 aliphatic rings. The van der Waals surface area contributed by atoms with Crippen molar-refractivity contribution in [2.75, 3.05) is 6.61 Å². The van der Waals surface area contributed by atoms with Gasteiger partial charge in [0.25, 0.3) is 0 Å². The topological polar surface area (TPSA) is 48.2 Å². The molecular formula is C13H13F3N2O2. The third-order valence-electron chi connectivity index (χ3n) is 2.69. The predicted octanol–water partition coefficient (Wildman–Crippen LogP) is 3.33. The van der Waals surface area contributed by atoms with E-state index >= 15 is 0 Å². The highest BCUT2D eigenvalue weighted by molar-refractivity contribution is 5.39. The van der Waals surface area contributed by atoms with Crippen LogP contribution < -0.4 is 4.74 Å². The predicted molar refractivity (Wildman–Crippen MR) is 64.4 cm³/mol. The lowest BCUT2D eigenvalue weighted by molar-refractivity contribution is -0.159. The summed E-state index contributed by atoms with van der Waals surface area (Å²) in [4.78, 5) is 3.27. The van der Waals surface area contributed by atoms with Crippen molar-refractivity contribution >= 4 is 0 Å². The normalized spacial score (nSPS) is 11.7. The number of aromatic nitrogens is 2. The van der Waals surface area contributed by atoms with Gasteiger partial charge in [0, 0.05) is 6.42 Å². The molecular weight excluding hydrogens is 273 g/mol. The van der Waals surface area contributed by atoms with Gasteiger partial charge in [0.15, 0.2) is 5.82 Å². The van der Waals surface area contributed by atoms with Gasteiger partial charge in [-0.1, -0.05) is 23.4 Å². The van der Waals surface area contributed by atoms with Crippen LogP contribution in [-0.2, 0) is 12.6 Å². The van der Waals surface area contributed by atoms with Crippen molar-refractivity contribution in [1.82, 2.24) is 10.1 Å². The van der Waals surface area contributed by atoms with Crippen molar-refractivity contribution in [3.63, 3.8) is 0 Å². The average Bonchev–Trinajstić information content (AvgIpc) is 2.81. The summed E-state index contributed by atoms with van der Waals surface area (Å²) in [5.41, 5.74) is 1.93. The van der Waals surface area contributed by atoms with Crippen LogP contribution in [0.25, 0.3) is 0 Å². The maximum absolute atomic E-state index is 12.3. The maximum atomic E-state index is 12.3. The number of para-hydroxylation sites is 1. The van der Waals surface area contributed by atoms with Crippen LogP contribution in [0.5, 0.6) is 5.75 Å². The number of aryl methyl sites for hydroxylation is 2. The van der Waals surface area contributed by atoms with E-state index < -0.39 is 12.1 Å². The molecule has 0 saturated heterocycles. The smallest absolute Gasteiger partial charge is 0.471 e. The first-order valence-electron chi connectivity index (χ1n) is 5.96. The van der Waals surface area contributed by atoms with Gasteiger partial charge in [0.2, 0.25) is 0 Å². The number of ether oxygens (including phenoxy) is 1. The maximum Gasteiger partial charge on any atom is 0.471 e. The minimum absolute atomic E-state index is 0.0245. The molecule has 1 aromatic heterocycles. The minimum atomic E-state index is -4.61. The quantitative estimate of drug-likeness (QED) is 0.865. The van der Waals surface area contributed by atoms with Crippen molar-refractivity contribution in [3.05, 3.63) is 41.0 Å². The van der Waals surface area contributed by atoms with Crippen LogP contribution in [0.3, 0.4) is 0 Å². The summed E-state index contributed by atoms with van der Waals surface area (Å²) in [6.45, 7) is 3.99. The summed E-state index contributed by atoms with van der Waals surface area (Å²) in [7, 11) is 0. The minimum Gasteiger partial charge on any atom is -0.493 e. The molecule has 0 atom stereocenters. The number of alkyl halides is 3. The zero-order chi connectivity index (χ0) is 14.8. The first-order chi connectivity index (χ1) is 9.38. The largest absolute Gasteiger partial charge is 0.493 e. The Balaban J connectivity index is 1.95. The van der Waals surface area contributed by atoms with Crippen LogP contribution >= 0.6 is 0 Å². The summed E-state index contributed by atoms with van der Waals surface area (Å²) in [6.07, 6.45) is -4.47. The molecule has 0 N–H and O–H groups in total. The van der Waals surface area contributed by atoms with E-state index in [9.17, 15) is 13.2 Å². The van der Waals surface area contributed by atoms with Crippen molar-refractivity contribution in [3.8, 4) is 5.75 Å². The average molecular weight is 286 g/mol. The molecule has 4 nitrogen and oxygen atoms in total. The van der Waals surface area contributed by atoms with Crippen LogP contribution in [0, 0.1) is 13.8 Å². The fourth-order valence-electron chi connectivity index (χ4n) is 1.74. The van der Waals surface area contributed by atoms with Crippen LogP contribution in [0.15, 0.2) is 22.7 Å². The fraction of sp³-hybridized carbons (Fsp3) is 0.385. The van der Waals surface area contributed by atoms with Gasteiger partial charge in [0.05, 0.1) is 6.61 Å². The fourth-order valence-corrected chi connectivity index (χ4v) is 1.74. The number of hydrogen-bond acceptors (Lipinski definition) is 4. The lowest BCUT2D eigenvalue weighted by Gasteiger charge is -2.10. The lowest BCUT2D eigenvalue weighted by atomic mass is 10.1. The second-order valence-corrected chi connectivity index (χ2v) is 4.33. The Labute approximate surface area is 113 Å². The van der Waals surface area contributed by atoms with Crippen LogP contribution in [0.1, 0.15) is 22.8 Å². The van der Waals surface area contributed by atoms with E-state index in [0.717, 1.165) is 16.9 Å². The van der Waals surface area contributed by atoms with E-state index in [0.29, 0.717) is 0 Å². The Morgan fingerprint density at radius 2 is 1.85 bits per heavy atom. The van der Waals surface area contributed by atoms with E-state index in [1.165, 1.54) is 0 Å². The molecule has 7 heteroatoms. The molecule has 0 radical (unpaired) electrons. The zero-order valence-electron chi connectivity index (χ0n) is 11.0. The lowest BCUT2D eigenvalue weighted by Crippen LogP contribution is -2.07. The van der Waals surface area contributed by atoms with Crippen molar-refractivity contribution in [1.29, 1.82) is 0 Å². The monoisotopic (exact) mass is 286 g/mol. The van der Waals surface area contributed by atoms with E-state index in [2.05, 4.69) is 14.7 Å². The highest BCUT2D eigenvalue weighted by Gasteiger charge is 2.38. The van der Waals surface area contributed by atoms with Gasteiger partial charge in [-0.25, -0.2) is 0 Å². The number of nitrogens with zero attached hydrogens (tertiary/aromatic N) is 2. The van der Waals surface area contributed by atoms with E-state index in [1.807, 2.05) is 32.0 Å². The Morgan fingerprint density at radius 3 is 2.40 bits per heavy atom. The van der Waals surface area contributed by atoms with Gasteiger partial charge >= 0.3 is 12.1 Å². The van der Waals surface area contributed by atoms with Gasteiger partial charge in [-0.15, -0.1) is 0 Å². The summed E-state index contributed by atoms with van der Waals surface area (Å²) in [5, 5.41) is 3.27. The van der Waals surface area contributed by atoms with E-state index in [1.54, 1.807) is 0 Å². The SMILES string of the molecule is Cc1cccc(C)c1OCCc1noc(C(F)(F)F)n1. The van der Waals surface area contributed by atoms with Crippen molar-refractivity contribution in [2.24, 2.45) is 0 Å². The molecule has 20 heavy (non-hydrogen) atoms. The van der Waals surface area contributed by atoms with Gasteiger partial charge in [-0.3, -0.25) is 0 Å². The summed E-state index contributed by atoms with van der Waals surface area (Å²) >= 11 is 0. The van der Waals surface area contributed by atoms with Gasteiger partial charge in [-0.05, 0) is 25.0 Å². The van der Waals surface area contributed by atoms with Gasteiger partial charge in [0.1, 0.15) is 5.75 Å². The molecule has 1 heterocycles. The Morgan fingerprint density at radius 1 is 1.20 bits per heavy atom. The first-order valence-corrected chi connectivity index (χ1v) is 5.96. The Bertz CT molecular complexity index is 573. The standard InChI is InChI=1S/C13H13F3N2O2/c1-8-4-3-5-9(2)11(8)19-7-6-10-17-12(20-18-10)13(14,15)16/h3-5H,6-7H2,1-2H3. The molecule has 1 aromatic carbocycles. The van der Waals surface area contributed by atoms with Crippen molar-refractivity contribution < 1.29 is 22.4 Å². The van der Waals surface area contributed by atoms with E-state index in [-0.39, 0.29) is 18.9 Å². The molecule has 0 bridgehead atoms. The van der Waals surface area contributed by atoms with Crippen molar-refractivity contribution in [2.45, 2.75) is 26.4 Å². The molecule has 108 valence electrons. The molecule has 0 fully saturated rings. The molecule has 0 saturated carbocycles. The second-order valence-electron chi connectivity index (χ2n) is 4.33. The first kappa shape index (κ1) is 14.4. The van der Waals surface area contributed by atoms with Gasteiger partial charge < -0.3 is 9.26 Å². The van der Waals surface area contributed by atoms with Gasteiger partial charge in [-0.2, -0.15) is 18.2 Å². The molecule has 0 aliphatic carbocycles. The van der Waals surface area contributed by atoms with Crippen LogP contribution in [0.4, 0.5) is 13.2 Å². The van der Waals surface area contributed by atoms with Crippen LogP contribution in [-0.4, -0.2) is 16.7 Å². The number of benzene rings is 1. The molecule has 0 aliphatic heterocycles. The summed E-state index contributed by atoms with van der Waals surface area (Å²) < 4.78 is 46.5. The third-order valence-corrected chi connectivity index (χ3v) is 2.69. The molecule has 0 spiro atoms. The number of hydrogen-bond donors (Lipinski definition) is 0. The second kappa shape index (κ2) is 5.52. The van der Waals surface area contributed by atoms with Crippen LogP contribution in [0.2, 0.25) is 0 Å². The highest BCUT2D eigenvalue weighted by Crippen LogP contribution is 2.27. The van der Waals surface area contributed by atoms with E-state index in [4.69, 9.17) is 4.74 Å². The summed E-state index contributed by atoms with van der Waals surface area (Å²) in [5.74, 6) is -0.629. The number of rotatable bonds is 4. The molecule has 0 amide bonds. The Hall–Kier alpha value is -2.05. The third kappa shape index (κ3) is 3.28. The highest BCUT2D eigenvalue weighted by atomic mass is 19.4. The Kier molecular flexibility index (Phi) is 3.96. The molecule has 2 rings (SSSR count). The number of halogens is 3. The summed E-state index contributed by atoms with van der Waals surface area (Å²) in [6, 6.07) is 5.71. The molecule has 2 aromatic rings. The molecule has 0 unspecified atom stereocenters. The zero-order valence-corrected chi connectivity index (χ0v) is 11.0.